The summed E-state index contributed by atoms with van der Waals surface area (Å²) in [7, 11) is 0.106. The van der Waals surface area contributed by atoms with Crippen LogP contribution in [0.5, 0.6) is 5.75 Å². The van der Waals surface area contributed by atoms with Gasteiger partial charge in [-0.2, -0.15) is 0 Å². The van der Waals surface area contributed by atoms with Gasteiger partial charge in [-0.05, 0) is 58.5 Å². The normalized spacial score (nSPS) is 11.2. The van der Waals surface area contributed by atoms with Gasteiger partial charge in [0.1, 0.15) is 16.1 Å². The molecule has 0 aliphatic carbocycles. The predicted octanol–water partition coefficient (Wildman–Crippen LogP) is 6.78. The predicted molar refractivity (Wildman–Crippen MR) is 138 cm³/mol. The Morgan fingerprint density at radius 1 is 0.967 bits per heavy atom. The maximum Gasteiger partial charge on any atom is 0.142 e. The molecule has 0 bridgehead atoms. The second-order valence-corrected chi connectivity index (χ2v) is 14.5. The number of aromatic nitrogens is 3. The quantitative estimate of drug-likeness (QED) is 0.168. The summed E-state index contributed by atoms with van der Waals surface area (Å²) in [4.78, 5) is 11.7. The molecule has 0 aliphatic rings. The molecule has 0 radical (unpaired) electrons. The smallest absolute Gasteiger partial charge is 0.142 e. The Morgan fingerprint density at radius 2 is 1.70 bits per heavy atom. The number of fused-ring (bicyclic) bond motifs is 1. The van der Waals surface area contributed by atoms with Gasteiger partial charge in [-0.3, -0.25) is 0 Å². The molecule has 1 aromatic carbocycles. The Hall–Kier alpha value is -1.61. The molecule has 8 heteroatoms. The van der Waals surface area contributed by atoms with Crippen molar-refractivity contribution < 1.29 is 4.74 Å². The molecule has 3 aromatic heterocycles. The van der Waals surface area contributed by atoms with Crippen LogP contribution in [0, 0.1) is 3.57 Å². The van der Waals surface area contributed by atoms with Crippen LogP contribution in [0.2, 0.25) is 29.9 Å². The van der Waals surface area contributed by atoms with E-state index < -0.39 is 8.07 Å². The van der Waals surface area contributed by atoms with Gasteiger partial charge < -0.3 is 9.72 Å². The molecule has 4 rings (SSSR count). The van der Waals surface area contributed by atoms with Crippen molar-refractivity contribution in [2.24, 2.45) is 0 Å². The van der Waals surface area contributed by atoms with E-state index in [0.717, 1.165) is 31.3 Å². The van der Waals surface area contributed by atoms with E-state index in [1.165, 1.54) is 5.32 Å². The first-order valence-electron chi connectivity index (χ1n) is 9.29. The summed E-state index contributed by atoms with van der Waals surface area (Å²) in [5.41, 5.74) is 3.30. The third-order valence-electron chi connectivity index (χ3n) is 4.49. The summed E-state index contributed by atoms with van der Waals surface area (Å²) >= 11 is 14.1. The second-order valence-electron chi connectivity index (χ2n) is 7.66. The van der Waals surface area contributed by atoms with Crippen molar-refractivity contribution >= 4 is 70.1 Å². The van der Waals surface area contributed by atoms with Gasteiger partial charge in [0.25, 0.3) is 0 Å². The van der Waals surface area contributed by atoms with E-state index in [2.05, 4.69) is 69.3 Å². The van der Waals surface area contributed by atoms with Crippen molar-refractivity contribution in [3.05, 3.63) is 68.7 Å². The summed E-state index contributed by atoms with van der Waals surface area (Å²) < 4.78 is 6.37. The van der Waals surface area contributed by atoms with Gasteiger partial charge >= 0.3 is 0 Å². The summed E-state index contributed by atoms with van der Waals surface area (Å²) in [6.45, 7) is 6.97. The van der Waals surface area contributed by atoms with E-state index in [1.807, 2.05) is 30.3 Å². The summed E-state index contributed by atoms with van der Waals surface area (Å²) in [5.74, 6) is 0.841. The molecule has 3 heterocycles. The number of ether oxygens (including phenoxy) is 1. The highest BCUT2D eigenvalue weighted by atomic mass is 127. The first kappa shape index (κ1) is 23.1. The van der Waals surface area contributed by atoms with Crippen LogP contribution in [0.4, 0.5) is 0 Å². The van der Waals surface area contributed by atoms with Crippen LogP contribution in [-0.2, 0) is 0 Å². The van der Waals surface area contributed by atoms with E-state index in [9.17, 15) is 0 Å². The number of pyridine rings is 2. The van der Waals surface area contributed by atoms with Crippen molar-refractivity contribution in [3.8, 4) is 16.9 Å². The van der Waals surface area contributed by atoms with Crippen molar-refractivity contribution in [1.82, 2.24) is 15.0 Å². The Labute approximate surface area is 201 Å². The number of H-pyrrole nitrogens is 1. The molecule has 0 aliphatic heterocycles. The fourth-order valence-corrected chi connectivity index (χ4v) is 5.34. The van der Waals surface area contributed by atoms with Crippen molar-refractivity contribution in [3.63, 3.8) is 0 Å². The molecule has 0 unspecified atom stereocenters. The zero-order valence-corrected chi connectivity index (χ0v) is 21.8. The highest BCUT2D eigenvalue weighted by Crippen LogP contribution is 2.34. The number of hydrogen-bond acceptors (Lipinski definition) is 3. The van der Waals surface area contributed by atoms with Gasteiger partial charge in [0.15, 0.2) is 0 Å². The number of aromatic amines is 1. The standard InChI is InChI=1S/C17H19ClN2OSi.C5H3ClIN/c1-21-12-7-5-6-11(10-12)14-15-13(8-9-19-16(15)18)20-17(14)22(2,3)4;6-5-4(7)2-1-3-8-5/h5-10,20H,1-4H3;1-3H. The van der Waals surface area contributed by atoms with Crippen LogP contribution in [-0.4, -0.2) is 30.1 Å². The van der Waals surface area contributed by atoms with Gasteiger partial charge in [-0.1, -0.05) is 55.0 Å². The molecule has 0 amide bonds. The number of nitrogens with one attached hydrogen (secondary N) is 1. The largest absolute Gasteiger partial charge is 0.497 e. The summed E-state index contributed by atoms with van der Waals surface area (Å²) in [6, 6.07) is 13.9. The Morgan fingerprint density at radius 3 is 2.30 bits per heavy atom. The number of hydrogen-bond donors (Lipinski definition) is 1. The van der Waals surface area contributed by atoms with Crippen LogP contribution in [0.1, 0.15) is 0 Å². The van der Waals surface area contributed by atoms with E-state index in [-0.39, 0.29) is 0 Å². The lowest BCUT2D eigenvalue weighted by Crippen LogP contribution is -2.39. The average Bonchev–Trinajstić information content (AvgIpc) is 3.12. The Bertz CT molecular complexity index is 1150. The molecule has 0 fully saturated rings. The SMILES string of the molecule is COc1cccc(-c2c([Si](C)(C)C)[nH]c3ccnc(Cl)c23)c1.Clc1ncccc1I. The minimum absolute atomic E-state index is 0.538. The molecular weight excluding hydrogens is 548 g/mol. The average molecular weight is 570 g/mol. The van der Waals surface area contributed by atoms with E-state index in [0.29, 0.717) is 10.3 Å². The van der Waals surface area contributed by atoms with E-state index in [1.54, 1.807) is 19.5 Å². The maximum atomic E-state index is 6.40. The van der Waals surface area contributed by atoms with Gasteiger partial charge in [0, 0.05) is 28.7 Å². The molecule has 0 spiro atoms. The van der Waals surface area contributed by atoms with E-state index >= 15 is 0 Å². The summed E-state index contributed by atoms with van der Waals surface area (Å²) in [6.07, 6.45) is 3.41. The molecule has 0 saturated heterocycles. The van der Waals surface area contributed by atoms with Gasteiger partial charge in [0.2, 0.25) is 0 Å². The lowest BCUT2D eigenvalue weighted by atomic mass is 10.1. The fraction of sp³-hybridized carbons (Fsp3) is 0.182. The Balaban J connectivity index is 0.000000269. The second kappa shape index (κ2) is 9.68. The third kappa shape index (κ3) is 5.16. The molecule has 156 valence electrons. The summed E-state index contributed by atoms with van der Waals surface area (Å²) in [5, 5.41) is 3.39. The molecule has 30 heavy (non-hydrogen) atoms. The number of nitrogens with zero attached hydrogens (tertiary/aromatic N) is 2. The Kier molecular flexibility index (Phi) is 7.44. The highest BCUT2D eigenvalue weighted by molar-refractivity contribution is 14.1. The van der Waals surface area contributed by atoms with Crippen molar-refractivity contribution in [2.45, 2.75) is 19.6 Å². The van der Waals surface area contributed by atoms with Crippen molar-refractivity contribution in [2.75, 3.05) is 7.11 Å². The van der Waals surface area contributed by atoms with Crippen LogP contribution in [0.25, 0.3) is 22.0 Å². The zero-order valence-electron chi connectivity index (χ0n) is 17.1. The molecule has 4 nitrogen and oxygen atoms in total. The molecule has 1 N–H and O–H groups in total. The maximum absolute atomic E-state index is 6.40. The van der Waals surface area contributed by atoms with Crippen LogP contribution in [0.15, 0.2) is 54.9 Å². The molecule has 0 atom stereocenters. The minimum Gasteiger partial charge on any atom is -0.497 e. The highest BCUT2D eigenvalue weighted by Gasteiger charge is 2.26. The fourth-order valence-electron chi connectivity index (χ4n) is 3.10. The topological polar surface area (TPSA) is 50.8 Å². The third-order valence-corrected chi connectivity index (χ3v) is 8.14. The number of rotatable bonds is 3. The minimum atomic E-state index is -1.58. The monoisotopic (exact) mass is 569 g/mol. The zero-order chi connectivity index (χ0) is 21.9. The first-order chi connectivity index (χ1) is 14.2. The van der Waals surface area contributed by atoms with Crippen LogP contribution in [0.3, 0.4) is 0 Å². The van der Waals surface area contributed by atoms with Gasteiger partial charge in [0.05, 0.1) is 24.3 Å². The number of methoxy groups -OCH3 is 1. The number of halogens is 3. The molecule has 0 saturated carbocycles. The number of benzene rings is 1. The van der Waals surface area contributed by atoms with Crippen LogP contribution >= 0.6 is 45.8 Å². The van der Waals surface area contributed by atoms with Crippen molar-refractivity contribution in [1.29, 1.82) is 0 Å². The lowest BCUT2D eigenvalue weighted by molar-refractivity contribution is 0.415. The lowest BCUT2D eigenvalue weighted by Gasteiger charge is -2.17. The van der Waals surface area contributed by atoms with Gasteiger partial charge in [-0.25, -0.2) is 9.97 Å². The van der Waals surface area contributed by atoms with Gasteiger partial charge in [-0.15, -0.1) is 0 Å². The van der Waals surface area contributed by atoms with Crippen LogP contribution < -0.4 is 10.1 Å². The molecular formula is C22H22Cl2IN3OSi. The first-order valence-corrected chi connectivity index (χ1v) is 14.6. The molecule has 4 aromatic rings. The van der Waals surface area contributed by atoms with E-state index in [4.69, 9.17) is 27.9 Å².